The van der Waals surface area contributed by atoms with E-state index in [4.69, 9.17) is 11.2 Å². The van der Waals surface area contributed by atoms with Crippen LogP contribution in [-0.4, -0.2) is 6.16 Å². The number of hydrogen-bond acceptors (Lipinski definition) is 0. The Balaban J connectivity index is 2.83. The van der Waals surface area contributed by atoms with Crippen molar-refractivity contribution in [3.63, 3.8) is 0 Å². The van der Waals surface area contributed by atoms with Crippen LogP contribution in [0.2, 0.25) is 0 Å². The second-order valence-corrected chi connectivity index (χ2v) is 6.34. The first-order chi connectivity index (χ1) is 7.91. The lowest BCUT2D eigenvalue weighted by Gasteiger charge is -2.02. The Labute approximate surface area is 109 Å². The van der Waals surface area contributed by atoms with E-state index in [2.05, 4.69) is 6.92 Å². The first-order valence-electron chi connectivity index (χ1n) is 7.25. The molecule has 0 bridgehead atoms. The third-order valence-corrected chi connectivity index (χ3v) is 4.23. The Kier molecular flexibility index (Phi) is 16.4. The molecule has 0 N–H and O–H groups in total. The predicted octanol–water partition coefficient (Wildman–Crippen LogP) is 6.52. The fourth-order valence-electron chi connectivity index (χ4n) is 2.03. The Bertz CT molecular complexity index is 103. The molecule has 0 aliphatic carbocycles. The summed E-state index contributed by atoms with van der Waals surface area (Å²) in [4.78, 5) is 0. The maximum atomic E-state index is 5.66. The van der Waals surface area contributed by atoms with E-state index in [1.807, 2.05) is 0 Å². The van der Waals surface area contributed by atoms with E-state index in [9.17, 15) is 0 Å². The zero-order valence-electron chi connectivity index (χ0n) is 11.1. The van der Waals surface area contributed by atoms with Crippen molar-refractivity contribution in [3.8, 4) is 0 Å². The van der Waals surface area contributed by atoms with Gasteiger partial charge in [-0.3, -0.25) is 0 Å². The minimum absolute atomic E-state index is 0.642. The average Bonchev–Trinajstić information content (AvgIpc) is 2.31. The van der Waals surface area contributed by atoms with E-state index < -0.39 is 0 Å². The van der Waals surface area contributed by atoms with Crippen molar-refractivity contribution >= 4 is 19.2 Å². The molecule has 2 heteroatoms. The summed E-state index contributed by atoms with van der Waals surface area (Å²) in [6, 6.07) is 0. The van der Waals surface area contributed by atoms with Gasteiger partial charge in [0, 0.05) is 0 Å². The molecule has 0 aromatic rings. The molecule has 0 spiro atoms. The molecule has 0 aliphatic rings. The lowest BCUT2D eigenvalue weighted by molar-refractivity contribution is 0.548. The van der Waals surface area contributed by atoms with Crippen LogP contribution in [0.3, 0.4) is 0 Å². The molecule has 0 fully saturated rings. The second-order valence-electron chi connectivity index (χ2n) is 4.77. The van der Waals surface area contributed by atoms with Crippen molar-refractivity contribution in [1.29, 1.82) is 0 Å². The molecule has 0 heterocycles. The standard InChI is InChI=1S/C14H30ClP/c1-2-3-4-5-6-7-8-9-10-11-12-13-14-16-15/h16H,2-14H2,1H3. The van der Waals surface area contributed by atoms with E-state index >= 15 is 0 Å². The summed E-state index contributed by atoms with van der Waals surface area (Å²) in [6.45, 7) is 2.28. The van der Waals surface area contributed by atoms with Crippen LogP contribution in [0.4, 0.5) is 0 Å². The quantitative estimate of drug-likeness (QED) is 0.262. The Morgan fingerprint density at radius 2 is 1.00 bits per heavy atom. The predicted molar refractivity (Wildman–Crippen MR) is 80.1 cm³/mol. The number of halogens is 1. The molecule has 1 atom stereocenters. The van der Waals surface area contributed by atoms with E-state index in [1.54, 1.807) is 0 Å². The second kappa shape index (κ2) is 15.7. The highest BCUT2D eigenvalue weighted by molar-refractivity contribution is 7.68. The maximum Gasteiger partial charge on any atom is -0.0214 e. The minimum atomic E-state index is 0.642. The van der Waals surface area contributed by atoms with Gasteiger partial charge in [-0.2, -0.15) is 0 Å². The molecule has 0 nitrogen and oxygen atoms in total. The molecule has 98 valence electrons. The first-order valence-corrected chi connectivity index (χ1v) is 9.47. The van der Waals surface area contributed by atoms with Crippen molar-refractivity contribution in [3.05, 3.63) is 0 Å². The fraction of sp³-hybridized carbons (Fsp3) is 1.00. The molecule has 0 aromatic carbocycles. The van der Waals surface area contributed by atoms with E-state index in [0.717, 1.165) is 0 Å². The lowest BCUT2D eigenvalue weighted by atomic mass is 10.1. The zero-order chi connectivity index (χ0) is 11.9. The van der Waals surface area contributed by atoms with Gasteiger partial charge in [0.25, 0.3) is 0 Å². The zero-order valence-corrected chi connectivity index (χ0v) is 12.8. The van der Waals surface area contributed by atoms with Crippen molar-refractivity contribution in [2.24, 2.45) is 0 Å². The van der Waals surface area contributed by atoms with Gasteiger partial charge in [0.1, 0.15) is 0 Å². The SMILES string of the molecule is CCCCCCCCCCCCCCPCl. The molecular weight excluding hydrogens is 235 g/mol. The fourth-order valence-corrected chi connectivity index (χ4v) is 2.82. The van der Waals surface area contributed by atoms with Crippen LogP contribution in [0.1, 0.15) is 84.0 Å². The maximum absolute atomic E-state index is 5.66. The molecule has 0 aromatic heterocycles. The van der Waals surface area contributed by atoms with Crippen molar-refractivity contribution in [2.75, 3.05) is 6.16 Å². The normalized spacial score (nSPS) is 11.6. The monoisotopic (exact) mass is 264 g/mol. The average molecular weight is 265 g/mol. The highest BCUT2D eigenvalue weighted by Crippen LogP contribution is 2.18. The number of hydrogen-bond donors (Lipinski definition) is 0. The van der Waals surface area contributed by atoms with Crippen LogP contribution in [0.25, 0.3) is 0 Å². The van der Waals surface area contributed by atoms with Crippen LogP contribution in [-0.2, 0) is 0 Å². The first kappa shape index (κ1) is 16.7. The Morgan fingerprint density at radius 3 is 1.38 bits per heavy atom. The molecular formula is C14H30ClP. The topological polar surface area (TPSA) is 0 Å². The van der Waals surface area contributed by atoms with Gasteiger partial charge in [-0.05, 0) is 20.5 Å². The summed E-state index contributed by atoms with van der Waals surface area (Å²) in [5, 5.41) is 0. The van der Waals surface area contributed by atoms with Gasteiger partial charge in [0.05, 0.1) is 0 Å². The molecule has 0 saturated carbocycles. The van der Waals surface area contributed by atoms with E-state index in [-0.39, 0.29) is 0 Å². The van der Waals surface area contributed by atoms with Crippen LogP contribution >= 0.6 is 19.2 Å². The van der Waals surface area contributed by atoms with E-state index in [0.29, 0.717) is 7.93 Å². The van der Waals surface area contributed by atoms with Crippen molar-refractivity contribution in [2.45, 2.75) is 84.0 Å². The summed E-state index contributed by atoms with van der Waals surface area (Å²) in [5.41, 5.74) is 0. The van der Waals surface area contributed by atoms with Crippen LogP contribution in [0.5, 0.6) is 0 Å². The molecule has 0 radical (unpaired) electrons. The van der Waals surface area contributed by atoms with Crippen LogP contribution in [0.15, 0.2) is 0 Å². The van der Waals surface area contributed by atoms with Gasteiger partial charge < -0.3 is 0 Å². The molecule has 16 heavy (non-hydrogen) atoms. The third kappa shape index (κ3) is 14.7. The molecule has 0 amide bonds. The molecule has 1 unspecified atom stereocenters. The van der Waals surface area contributed by atoms with Gasteiger partial charge in [0.2, 0.25) is 0 Å². The summed E-state index contributed by atoms with van der Waals surface area (Å²) >= 11 is 5.66. The highest BCUT2D eigenvalue weighted by atomic mass is 35.7. The van der Waals surface area contributed by atoms with Gasteiger partial charge in [0.15, 0.2) is 0 Å². The smallest absolute Gasteiger partial charge is 0.0214 e. The Hall–Kier alpha value is 0.720. The van der Waals surface area contributed by atoms with Gasteiger partial charge in [-0.15, -0.1) is 11.2 Å². The summed E-state index contributed by atoms with van der Waals surface area (Å²) in [6.07, 6.45) is 18.4. The Morgan fingerprint density at radius 1 is 0.625 bits per heavy atom. The largest absolute Gasteiger partial charge is 0.100 e. The van der Waals surface area contributed by atoms with Gasteiger partial charge >= 0.3 is 0 Å². The summed E-state index contributed by atoms with van der Waals surface area (Å²) < 4.78 is 0. The number of rotatable bonds is 13. The summed E-state index contributed by atoms with van der Waals surface area (Å²) in [5.74, 6) is 0. The van der Waals surface area contributed by atoms with Crippen LogP contribution < -0.4 is 0 Å². The number of unbranched alkanes of at least 4 members (excludes halogenated alkanes) is 11. The highest BCUT2D eigenvalue weighted by Gasteiger charge is 1.93. The van der Waals surface area contributed by atoms with E-state index in [1.165, 1.54) is 83.2 Å². The molecule has 0 aliphatic heterocycles. The van der Waals surface area contributed by atoms with Crippen molar-refractivity contribution < 1.29 is 0 Å². The molecule has 0 saturated heterocycles. The van der Waals surface area contributed by atoms with Gasteiger partial charge in [-0.1, -0.05) is 77.6 Å². The minimum Gasteiger partial charge on any atom is -0.100 e. The lowest BCUT2D eigenvalue weighted by Crippen LogP contribution is -1.82. The third-order valence-electron chi connectivity index (χ3n) is 3.12. The van der Waals surface area contributed by atoms with Gasteiger partial charge in [-0.25, -0.2) is 0 Å². The molecule has 0 rings (SSSR count). The summed E-state index contributed by atoms with van der Waals surface area (Å²) in [7, 11) is 0.642. The van der Waals surface area contributed by atoms with Crippen LogP contribution in [0, 0.1) is 0 Å². The van der Waals surface area contributed by atoms with Crippen molar-refractivity contribution in [1.82, 2.24) is 0 Å².